The Hall–Kier alpha value is -1.81. The first-order chi connectivity index (χ1) is 10.0. The minimum Gasteiger partial charge on any atom is -0.385 e. The molecule has 110 valence electrons. The molecule has 3 nitrogen and oxygen atoms in total. The summed E-state index contributed by atoms with van der Waals surface area (Å²) in [5.74, 6) is -0.0972. The maximum absolute atomic E-state index is 12.5. The molecule has 0 saturated carbocycles. The number of hydrogen-bond donors (Lipinski definition) is 2. The van der Waals surface area contributed by atoms with Crippen LogP contribution in [0.3, 0.4) is 0 Å². The third-order valence-corrected chi connectivity index (χ3v) is 3.73. The Labute approximate surface area is 133 Å². The van der Waals surface area contributed by atoms with Crippen LogP contribution in [0.25, 0.3) is 0 Å². The number of nitrogens with one attached hydrogen (secondary N) is 2. The van der Waals surface area contributed by atoms with Crippen LogP contribution >= 0.6 is 15.9 Å². The summed E-state index contributed by atoms with van der Waals surface area (Å²) in [5, 5.41) is 6.23. The Morgan fingerprint density at radius 2 is 1.76 bits per heavy atom. The summed E-state index contributed by atoms with van der Waals surface area (Å²) in [4.78, 5) is 12.5. The summed E-state index contributed by atoms with van der Waals surface area (Å²) in [6.45, 7) is 6.77. The van der Waals surface area contributed by atoms with Crippen LogP contribution in [0.5, 0.6) is 0 Å². The summed E-state index contributed by atoms with van der Waals surface area (Å²) in [6, 6.07) is 11.5. The number of hydrogen-bond acceptors (Lipinski definition) is 2. The molecule has 0 spiro atoms. The number of para-hydroxylation sites is 1. The van der Waals surface area contributed by atoms with E-state index in [0.29, 0.717) is 5.56 Å². The highest BCUT2D eigenvalue weighted by Crippen LogP contribution is 2.26. The lowest BCUT2D eigenvalue weighted by atomic mass is 10.1. The first-order valence-electron chi connectivity index (χ1n) is 6.94. The van der Waals surface area contributed by atoms with Crippen LogP contribution in [0.1, 0.15) is 28.4 Å². The zero-order chi connectivity index (χ0) is 15.4. The second-order valence-electron chi connectivity index (χ2n) is 4.94. The van der Waals surface area contributed by atoms with E-state index in [4.69, 9.17) is 0 Å². The average molecular weight is 347 g/mol. The molecule has 0 aliphatic heterocycles. The molecule has 0 saturated heterocycles. The lowest BCUT2D eigenvalue weighted by molar-refractivity contribution is 0.102. The van der Waals surface area contributed by atoms with Crippen molar-refractivity contribution < 1.29 is 4.79 Å². The molecule has 0 aromatic heterocycles. The number of anilines is 2. The van der Waals surface area contributed by atoms with Gasteiger partial charge in [-0.1, -0.05) is 28.1 Å². The van der Waals surface area contributed by atoms with Gasteiger partial charge in [-0.25, -0.2) is 0 Å². The molecular weight excluding hydrogens is 328 g/mol. The highest BCUT2D eigenvalue weighted by molar-refractivity contribution is 9.10. The molecule has 21 heavy (non-hydrogen) atoms. The molecule has 2 aromatic rings. The van der Waals surface area contributed by atoms with Crippen LogP contribution in [0.4, 0.5) is 11.4 Å². The van der Waals surface area contributed by atoms with E-state index in [1.54, 1.807) is 0 Å². The highest BCUT2D eigenvalue weighted by Gasteiger charge is 2.13. The van der Waals surface area contributed by atoms with Crippen molar-refractivity contribution in [2.75, 3.05) is 17.2 Å². The van der Waals surface area contributed by atoms with E-state index in [0.717, 1.165) is 33.5 Å². The molecule has 0 bridgehead atoms. The molecule has 0 aliphatic carbocycles. The van der Waals surface area contributed by atoms with Crippen LogP contribution in [0, 0.1) is 13.8 Å². The number of amides is 1. The fraction of sp³-hybridized carbons (Fsp3) is 0.235. The van der Waals surface area contributed by atoms with E-state index >= 15 is 0 Å². The van der Waals surface area contributed by atoms with Gasteiger partial charge in [-0.15, -0.1) is 0 Å². The van der Waals surface area contributed by atoms with Crippen molar-refractivity contribution >= 4 is 33.2 Å². The standard InChI is InChI=1S/C17H19BrN2O/c1-4-19-15-8-6-5-7-14(15)17(21)20-16-11(2)9-13(18)10-12(16)3/h5-10,19H,4H2,1-3H3,(H,20,21). The molecule has 2 rings (SSSR count). The van der Waals surface area contributed by atoms with Gasteiger partial charge in [0.05, 0.1) is 5.56 Å². The summed E-state index contributed by atoms with van der Waals surface area (Å²) >= 11 is 3.47. The Balaban J connectivity index is 2.31. The second-order valence-corrected chi connectivity index (χ2v) is 5.86. The summed E-state index contributed by atoms with van der Waals surface area (Å²) in [5.41, 5.74) is 4.45. The van der Waals surface area contributed by atoms with E-state index in [-0.39, 0.29) is 5.91 Å². The fourth-order valence-corrected chi connectivity index (χ4v) is 3.00. The van der Waals surface area contributed by atoms with E-state index < -0.39 is 0 Å². The Kier molecular flexibility index (Phi) is 5.02. The van der Waals surface area contributed by atoms with Gasteiger partial charge in [-0.3, -0.25) is 4.79 Å². The predicted molar refractivity (Wildman–Crippen MR) is 92.2 cm³/mol. The van der Waals surface area contributed by atoms with Gasteiger partial charge in [-0.2, -0.15) is 0 Å². The number of rotatable bonds is 4. The normalized spacial score (nSPS) is 10.3. The first kappa shape index (κ1) is 15.6. The Bertz CT molecular complexity index is 645. The number of carbonyl (C=O) groups excluding carboxylic acids is 1. The van der Waals surface area contributed by atoms with Crippen molar-refractivity contribution in [1.29, 1.82) is 0 Å². The monoisotopic (exact) mass is 346 g/mol. The molecule has 0 unspecified atom stereocenters. The van der Waals surface area contributed by atoms with E-state index in [1.807, 2.05) is 57.2 Å². The van der Waals surface area contributed by atoms with Crippen molar-refractivity contribution in [1.82, 2.24) is 0 Å². The van der Waals surface area contributed by atoms with Crippen LogP contribution in [0.15, 0.2) is 40.9 Å². The maximum atomic E-state index is 12.5. The van der Waals surface area contributed by atoms with Gasteiger partial charge in [0.2, 0.25) is 0 Å². The maximum Gasteiger partial charge on any atom is 0.257 e. The van der Waals surface area contributed by atoms with E-state index in [1.165, 1.54) is 0 Å². The number of aryl methyl sites for hydroxylation is 2. The molecule has 0 fully saturated rings. The third-order valence-electron chi connectivity index (χ3n) is 3.27. The zero-order valence-corrected chi connectivity index (χ0v) is 14.0. The highest BCUT2D eigenvalue weighted by atomic mass is 79.9. The first-order valence-corrected chi connectivity index (χ1v) is 7.73. The number of carbonyl (C=O) groups is 1. The lowest BCUT2D eigenvalue weighted by Gasteiger charge is -2.14. The minimum atomic E-state index is -0.0972. The summed E-state index contributed by atoms with van der Waals surface area (Å²) in [7, 11) is 0. The van der Waals surface area contributed by atoms with E-state index in [9.17, 15) is 4.79 Å². The zero-order valence-electron chi connectivity index (χ0n) is 12.5. The van der Waals surface area contributed by atoms with Crippen molar-refractivity contribution in [3.63, 3.8) is 0 Å². The quantitative estimate of drug-likeness (QED) is 0.838. The fourth-order valence-electron chi connectivity index (χ4n) is 2.31. The smallest absolute Gasteiger partial charge is 0.257 e. The van der Waals surface area contributed by atoms with Crippen LogP contribution < -0.4 is 10.6 Å². The molecule has 0 atom stereocenters. The van der Waals surface area contributed by atoms with Gasteiger partial charge in [0.25, 0.3) is 5.91 Å². The number of benzene rings is 2. The van der Waals surface area contributed by atoms with Gasteiger partial charge in [-0.05, 0) is 56.2 Å². The van der Waals surface area contributed by atoms with E-state index in [2.05, 4.69) is 26.6 Å². The summed E-state index contributed by atoms with van der Waals surface area (Å²) < 4.78 is 1.02. The van der Waals surface area contributed by atoms with Crippen molar-refractivity contribution in [3.05, 3.63) is 57.6 Å². The van der Waals surface area contributed by atoms with Crippen molar-refractivity contribution in [2.45, 2.75) is 20.8 Å². The topological polar surface area (TPSA) is 41.1 Å². The SMILES string of the molecule is CCNc1ccccc1C(=O)Nc1c(C)cc(Br)cc1C. The average Bonchev–Trinajstić information content (AvgIpc) is 2.43. The Morgan fingerprint density at radius 3 is 2.38 bits per heavy atom. The molecule has 0 heterocycles. The van der Waals surface area contributed by atoms with Crippen LogP contribution in [-0.2, 0) is 0 Å². The van der Waals surface area contributed by atoms with Crippen LogP contribution in [-0.4, -0.2) is 12.5 Å². The minimum absolute atomic E-state index is 0.0972. The van der Waals surface area contributed by atoms with Gasteiger partial charge >= 0.3 is 0 Å². The molecule has 0 aliphatic rings. The van der Waals surface area contributed by atoms with Gasteiger partial charge in [0, 0.05) is 22.4 Å². The summed E-state index contributed by atoms with van der Waals surface area (Å²) in [6.07, 6.45) is 0. The Morgan fingerprint density at radius 1 is 1.14 bits per heavy atom. The molecular formula is C17H19BrN2O. The van der Waals surface area contributed by atoms with Crippen molar-refractivity contribution in [3.8, 4) is 0 Å². The molecule has 2 N–H and O–H groups in total. The van der Waals surface area contributed by atoms with Crippen molar-refractivity contribution in [2.24, 2.45) is 0 Å². The van der Waals surface area contributed by atoms with Gasteiger partial charge < -0.3 is 10.6 Å². The third kappa shape index (κ3) is 3.64. The predicted octanol–water partition coefficient (Wildman–Crippen LogP) is 4.75. The molecule has 0 radical (unpaired) electrons. The number of halogens is 1. The molecule has 2 aromatic carbocycles. The van der Waals surface area contributed by atoms with Gasteiger partial charge in [0.1, 0.15) is 0 Å². The van der Waals surface area contributed by atoms with Crippen LogP contribution in [0.2, 0.25) is 0 Å². The molecule has 4 heteroatoms. The molecule has 1 amide bonds. The largest absolute Gasteiger partial charge is 0.385 e. The van der Waals surface area contributed by atoms with Gasteiger partial charge in [0.15, 0.2) is 0 Å². The second kappa shape index (κ2) is 6.76. The lowest BCUT2D eigenvalue weighted by Crippen LogP contribution is -2.16.